The number of halogens is 1. The van der Waals surface area contributed by atoms with Gasteiger partial charge in [0.05, 0.1) is 5.41 Å². The topological polar surface area (TPSA) is 53.5 Å². The Morgan fingerprint density at radius 1 is 1.27 bits per heavy atom. The van der Waals surface area contributed by atoms with Crippen LogP contribution in [0.3, 0.4) is 0 Å². The summed E-state index contributed by atoms with van der Waals surface area (Å²) in [5.74, 6) is -0.795. The molecule has 6 heteroatoms. The summed E-state index contributed by atoms with van der Waals surface area (Å²) in [6.07, 6.45) is 1.91. The molecule has 0 radical (unpaired) electrons. The van der Waals surface area contributed by atoms with E-state index in [2.05, 4.69) is 4.98 Å². The van der Waals surface area contributed by atoms with Gasteiger partial charge in [0.2, 0.25) is 11.9 Å². The van der Waals surface area contributed by atoms with E-state index in [1.165, 1.54) is 12.3 Å². The molecule has 2 atom stereocenters. The molecular weight excluding hydrogens is 333 g/mol. The summed E-state index contributed by atoms with van der Waals surface area (Å²) in [7, 11) is 1.82. The molecule has 5 nitrogen and oxygen atoms in total. The first-order valence-corrected chi connectivity index (χ1v) is 8.72. The maximum absolute atomic E-state index is 13.4. The van der Waals surface area contributed by atoms with Crippen molar-refractivity contribution in [2.75, 3.05) is 26.7 Å². The van der Waals surface area contributed by atoms with Gasteiger partial charge in [0.15, 0.2) is 0 Å². The van der Waals surface area contributed by atoms with Crippen molar-refractivity contribution in [2.45, 2.75) is 12.3 Å². The highest BCUT2D eigenvalue weighted by molar-refractivity contribution is 5.96. The summed E-state index contributed by atoms with van der Waals surface area (Å²) >= 11 is 0. The van der Waals surface area contributed by atoms with Crippen LogP contribution in [0.4, 0.5) is 4.39 Å². The predicted octanol–water partition coefficient (Wildman–Crippen LogP) is 2.31. The Morgan fingerprint density at radius 2 is 2.04 bits per heavy atom. The van der Waals surface area contributed by atoms with Crippen molar-refractivity contribution in [1.82, 2.24) is 14.8 Å². The first-order valence-electron chi connectivity index (χ1n) is 8.72. The molecule has 2 aliphatic rings. The highest BCUT2D eigenvalue weighted by Crippen LogP contribution is 2.49. The second kappa shape index (κ2) is 6.20. The molecule has 1 aromatic carbocycles. The van der Waals surface area contributed by atoms with Crippen LogP contribution in [0, 0.1) is 11.4 Å². The van der Waals surface area contributed by atoms with Gasteiger partial charge < -0.3 is 9.80 Å². The van der Waals surface area contributed by atoms with E-state index in [0.29, 0.717) is 26.1 Å². The molecular formula is C20H20FN3O2. The molecule has 2 fully saturated rings. The molecule has 4 rings (SSSR count). The molecule has 3 heterocycles. The quantitative estimate of drug-likeness (QED) is 0.779. The fourth-order valence-corrected chi connectivity index (χ4v) is 4.35. The van der Waals surface area contributed by atoms with E-state index in [4.69, 9.17) is 0 Å². The average molecular weight is 353 g/mol. The lowest BCUT2D eigenvalue weighted by Gasteiger charge is -2.28. The number of likely N-dealkylation sites (N-methyl/N-ethyl adjacent to an activating group) is 1. The molecule has 26 heavy (non-hydrogen) atoms. The fourth-order valence-electron chi connectivity index (χ4n) is 4.35. The SMILES string of the molecule is CN1C[C@@H](c2ccccc2)[C@@]2(CCN(C(=O)c3ccnc(F)c3)C2)C1=O. The Bertz CT molecular complexity index is 857. The van der Waals surface area contributed by atoms with Crippen molar-refractivity contribution in [2.24, 2.45) is 5.41 Å². The lowest BCUT2D eigenvalue weighted by atomic mass is 9.73. The third-order valence-corrected chi connectivity index (χ3v) is 5.66. The monoisotopic (exact) mass is 353 g/mol. The highest BCUT2D eigenvalue weighted by atomic mass is 19.1. The molecule has 2 saturated heterocycles. The van der Waals surface area contributed by atoms with E-state index < -0.39 is 11.4 Å². The van der Waals surface area contributed by atoms with Gasteiger partial charge in [-0.3, -0.25) is 9.59 Å². The Labute approximate surface area is 151 Å². The largest absolute Gasteiger partial charge is 0.345 e. The summed E-state index contributed by atoms with van der Waals surface area (Å²) in [5, 5.41) is 0. The highest BCUT2D eigenvalue weighted by Gasteiger charge is 2.57. The minimum absolute atomic E-state index is 0.0492. The summed E-state index contributed by atoms with van der Waals surface area (Å²) in [6.45, 7) is 1.50. The average Bonchev–Trinajstić information content (AvgIpc) is 3.20. The van der Waals surface area contributed by atoms with Crippen molar-refractivity contribution in [3.63, 3.8) is 0 Å². The smallest absolute Gasteiger partial charge is 0.254 e. The lowest BCUT2D eigenvalue weighted by Crippen LogP contribution is -2.39. The number of hydrogen-bond acceptors (Lipinski definition) is 3. The van der Waals surface area contributed by atoms with Crippen LogP contribution in [0.2, 0.25) is 0 Å². The van der Waals surface area contributed by atoms with Crippen LogP contribution in [-0.4, -0.2) is 53.3 Å². The van der Waals surface area contributed by atoms with Crippen LogP contribution in [0.15, 0.2) is 48.7 Å². The van der Waals surface area contributed by atoms with Crippen LogP contribution < -0.4 is 0 Å². The number of carbonyl (C=O) groups is 2. The number of nitrogens with zero attached hydrogens (tertiary/aromatic N) is 3. The van der Waals surface area contributed by atoms with Crippen molar-refractivity contribution in [1.29, 1.82) is 0 Å². The van der Waals surface area contributed by atoms with Crippen LogP contribution >= 0.6 is 0 Å². The van der Waals surface area contributed by atoms with Crippen LogP contribution in [0.1, 0.15) is 28.3 Å². The van der Waals surface area contributed by atoms with Crippen molar-refractivity contribution in [3.8, 4) is 0 Å². The van der Waals surface area contributed by atoms with Gasteiger partial charge in [0.1, 0.15) is 0 Å². The zero-order valence-electron chi connectivity index (χ0n) is 14.6. The second-order valence-electron chi connectivity index (χ2n) is 7.15. The van der Waals surface area contributed by atoms with Crippen LogP contribution in [0.5, 0.6) is 0 Å². The zero-order chi connectivity index (χ0) is 18.3. The molecule has 0 bridgehead atoms. The standard InChI is InChI=1S/C20H20FN3O2/c1-23-12-16(14-5-3-2-4-6-14)20(19(23)26)8-10-24(13-20)18(25)15-7-9-22-17(21)11-15/h2-7,9,11,16H,8,10,12-13H2,1H3/t16-,20-/m0/s1. The summed E-state index contributed by atoms with van der Waals surface area (Å²) in [6, 6.07) is 12.6. The maximum Gasteiger partial charge on any atom is 0.254 e. The number of amides is 2. The van der Waals surface area contributed by atoms with E-state index in [1.54, 1.807) is 9.80 Å². The summed E-state index contributed by atoms with van der Waals surface area (Å²) in [5.41, 5.74) is 0.788. The van der Waals surface area contributed by atoms with E-state index in [1.807, 2.05) is 37.4 Å². The van der Waals surface area contributed by atoms with E-state index in [9.17, 15) is 14.0 Å². The molecule has 0 saturated carbocycles. The van der Waals surface area contributed by atoms with Gasteiger partial charge in [-0.15, -0.1) is 0 Å². The first kappa shape index (κ1) is 16.7. The van der Waals surface area contributed by atoms with Crippen molar-refractivity contribution in [3.05, 3.63) is 65.7 Å². The molecule has 0 aliphatic carbocycles. The number of pyridine rings is 1. The van der Waals surface area contributed by atoms with Gasteiger partial charge >= 0.3 is 0 Å². The molecule has 2 amide bonds. The summed E-state index contributed by atoms with van der Waals surface area (Å²) in [4.78, 5) is 32.7. The number of hydrogen-bond donors (Lipinski definition) is 0. The Morgan fingerprint density at radius 3 is 2.77 bits per heavy atom. The predicted molar refractivity (Wildman–Crippen MR) is 94.0 cm³/mol. The number of likely N-dealkylation sites (tertiary alicyclic amines) is 2. The minimum atomic E-state index is -0.677. The van der Waals surface area contributed by atoms with Crippen LogP contribution in [0.25, 0.3) is 0 Å². The second-order valence-corrected chi connectivity index (χ2v) is 7.15. The number of aromatic nitrogens is 1. The number of carbonyl (C=O) groups excluding carboxylic acids is 2. The molecule has 1 spiro atoms. The van der Waals surface area contributed by atoms with Crippen LogP contribution in [-0.2, 0) is 4.79 Å². The van der Waals surface area contributed by atoms with Gasteiger partial charge in [-0.25, -0.2) is 4.98 Å². The third kappa shape index (κ3) is 2.57. The maximum atomic E-state index is 13.4. The van der Waals surface area contributed by atoms with E-state index >= 15 is 0 Å². The molecule has 2 aliphatic heterocycles. The number of benzene rings is 1. The third-order valence-electron chi connectivity index (χ3n) is 5.66. The first-order chi connectivity index (χ1) is 12.5. The summed E-state index contributed by atoms with van der Waals surface area (Å²) < 4.78 is 13.4. The Kier molecular flexibility index (Phi) is 3.98. The molecule has 2 aromatic rings. The molecule has 134 valence electrons. The van der Waals surface area contributed by atoms with E-state index in [-0.39, 0.29) is 23.3 Å². The van der Waals surface area contributed by atoms with Gasteiger partial charge in [0.25, 0.3) is 5.91 Å². The number of rotatable bonds is 2. The van der Waals surface area contributed by atoms with Gasteiger partial charge in [-0.05, 0) is 18.1 Å². The van der Waals surface area contributed by atoms with Gasteiger partial charge in [-0.1, -0.05) is 30.3 Å². The van der Waals surface area contributed by atoms with Gasteiger partial charge in [0, 0.05) is 50.4 Å². The molecule has 0 unspecified atom stereocenters. The van der Waals surface area contributed by atoms with Crippen molar-refractivity contribution >= 4 is 11.8 Å². The van der Waals surface area contributed by atoms with E-state index in [0.717, 1.165) is 11.6 Å². The fraction of sp³-hybridized carbons (Fsp3) is 0.350. The Hall–Kier alpha value is -2.76. The van der Waals surface area contributed by atoms with Crippen molar-refractivity contribution < 1.29 is 14.0 Å². The zero-order valence-corrected chi connectivity index (χ0v) is 14.6. The van der Waals surface area contributed by atoms with Gasteiger partial charge in [-0.2, -0.15) is 4.39 Å². The normalized spacial score (nSPS) is 25.3. The molecule has 1 aromatic heterocycles. The lowest BCUT2D eigenvalue weighted by molar-refractivity contribution is -0.134. The Balaban J connectivity index is 1.64. The molecule has 0 N–H and O–H groups in total. The minimum Gasteiger partial charge on any atom is -0.345 e.